The van der Waals surface area contributed by atoms with E-state index in [1.807, 2.05) is 18.3 Å². The molecule has 0 radical (unpaired) electrons. The van der Waals surface area contributed by atoms with Gasteiger partial charge in [0, 0.05) is 39.2 Å². The molecular weight excluding hydrogens is 498 g/mol. The second kappa shape index (κ2) is 9.58. The van der Waals surface area contributed by atoms with E-state index in [2.05, 4.69) is 143 Å². The largest absolute Gasteiger partial charge is 0.256 e. The second-order valence-corrected chi connectivity index (χ2v) is 10.3. The van der Waals surface area contributed by atoms with E-state index in [1.165, 1.54) is 10.8 Å². The zero-order chi connectivity index (χ0) is 27.2. The van der Waals surface area contributed by atoms with Gasteiger partial charge in [0.1, 0.15) is 5.69 Å². The van der Waals surface area contributed by atoms with Crippen molar-refractivity contribution >= 4 is 27.2 Å². The normalized spacial score (nSPS) is 11.4. The second-order valence-electron chi connectivity index (χ2n) is 10.3. The molecular formula is C38H25N3. The molecule has 8 rings (SSSR count). The summed E-state index contributed by atoms with van der Waals surface area (Å²) in [5, 5.41) is 8.85. The molecule has 0 saturated heterocycles. The monoisotopic (exact) mass is 523 g/mol. The number of hydrogen-bond donors (Lipinski definition) is 0. The third-order valence-electron chi connectivity index (χ3n) is 7.84. The number of para-hydroxylation sites is 1. The number of hydrogen-bond acceptors (Lipinski definition) is 2. The third-order valence-corrected chi connectivity index (χ3v) is 7.84. The molecule has 0 spiro atoms. The lowest BCUT2D eigenvalue weighted by molar-refractivity contribution is 0.979. The van der Waals surface area contributed by atoms with Crippen molar-refractivity contribution in [3.8, 4) is 44.8 Å². The van der Waals surface area contributed by atoms with E-state index in [-0.39, 0.29) is 0 Å². The highest BCUT2D eigenvalue weighted by Gasteiger charge is 2.21. The number of pyridine rings is 2. The Morgan fingerprint density at radius 3 is 1.88 bits per heavy atom. The first-order valence-corrected chi connectivity index (χ1v) is 13.8. The molecule has 0 unspecified atom stereocenters. The van der Waals surface area contributed by atoms with Crippen LogP contribution in [0.25, 0.3) is 72.0 Å². The van der Waals surface area contributed by atoms with Crippen molar-refractivity contribution in [1.29, 1.82) is 0 Å². The van der Waals surface area contributed by atoms with Gasteiger partial charge in [-0.15, -0.1) is 0 Å². The first-order chi connectivity index (χ1) is 20.3. The third kappa shape index (κ3) is 3.98. The number of rotatable bonds is 4. The molecule has 0 aliphatic carbocycles. The van der Waals surface area contributed by atoms with Crippen molar-refractivity contribution in [3.05, 3.63) is 152 Å². The highest BCUT2D eigenvalue weighted by Crippen LogP contribution is 2.41. The van der Waals surface area contributed by atoms with Crippen LogP contribution in [0.3, 0.4) is 0 Å². The van der Waals surface area contributed by atoms with Crippen LogP contribution in [0.4, 0.5) is 0 Å². The number of aromatic nitrogens is 3. The van der Waals surface area contributed by atoms with Crippen LogP contribution >= 0.6 is 0 Å². The molecule has 41 heavy (non-hydrogen) atoms. The Morgan fingerprint density at radius 1 is 0.463 bits per heavy atom. The predicted molar refractivity (Wildman–Crippen MR) is 170 cm³/mol. The molecule has 3 aromatic heterocycles. The average Bonchev–Trinajstić information content (AvgIpc) is 3.46. The van der Waals surface area contributed by atoms with Crippen LogP contribution in [0, 0.1) is 0 Å². The summed E-state index contributed by atoms with van der Waals surface area (Å²) in [4.78, 5) is 4.67. The standard InChI is InChI=1S/C38H25N3/c1-3-11-27(12-4-1)35-24-30-15-7-9-17-33(30)38-36(28-13-5-2-6-14-28)37(40-41(35)38)29-21-19-26(20-22-29)32-23-31-16-8-10-18-34(31)39-25-32/h1-25H. The fraction of sp³-hybridized carbons (Fsp3) is 0. The Kier molecular flexibility index (Phi) is 5.46. The predicted octanol–water partition coefficient (Wildman–Crippen LogP) is 9.70. The van der Waals surface area contributed by atoms with E-state index < -0.39 is 0 Å². The number of fused-ring (bicyclic) bond motifs is 4. The van der Waals surface area contributed by atoms with Gasteiger partial charge in [-0.1, -0.05) is 127 Å². The Bertz CT molecular complexity index is 2180. The van der Waals surface area contributed by atoms with Crippen LogP contribution in [0.15, 0.2) is 152 Å². The van der Waals surface area contributed by atoms with Gasteiger partial charge in [-0.05, 0) is 34.7 Å². The molecule has 0 aliphatic rings. The average molecular weight is 524 g/mol. The summed E-state index contributed by atoms with van der Waals surface area (Å²) in [6.45, 7) is 0. The molecule has 3 heterocycles. The summed E-state index contributed by atoms with van der Waals surface area (Å²) in [5.74, 6) is 0. The smallest absolute Gasteiger partial charge is 0.101 e. The van der Waals surface area contributed by atoms with Gasteiger partial charge in [0.25, 0.3) is 0 Å². The van der Waals surface area contributed by atoms with Gasteiger partial charge in [-0.25, -0.2) is 4.52 Å². The molecule has 0 fully saturated rings. The summed E-state index contributed by atoms with van der Waals surface area (Å²) in [6.07, 6.45) is 1.95. The maximum absolute atomic E-state index is 5.33. The molecule has 192 valence electrons. The Labute approximate surface area is 238 Å². The fourth-order valence-electron chi connectivity index (χ4n) is 5.83. The lowest BCUT2D eigenvalue weighted by Crippen LogP contribution is -1.95. The van der Waals surface area contributed by atoms with Gasteiger partial charge < -0.3 is 0 Å². The number of nitrogens with zero attached hydrogens (tertiary/aromatic N) is 3. The molecule has 0 amide bonds. The Morgan fingerprint density at radius 2 is 1.10 bits per heavy atom. The van der Waals surface area contributed by atoms with Gasteiger partial charge in [0.05, 0.1) is 16.7 Å². The van der Waals surface area contributed by atoms with Crippen LogP contribution in [0.2, 0.25) is 0 Å². The first-order valence-electron chi connectivity index (χ1n) is 13.8. The first kappa shape index (κ1) is 23.4. The van der Waals surface area contributed by atoms with Crippen LogP contribution in [-0.2, 0) is 0 Å². The van der Waals surface area contributed by atoms with Gasteiger partial charge in [-0.3, -0.25) is 4.98 Å². The van der Waals surface area contributed by atoms with Crippen LogP contribution in [0.1, 0.15) is 0 Å². The molecule has 3 heteroatoms. The van der Waals surface area contributed by atoms with Gasteiger partial charge in [-0.2, -0.15) is 5.10 Å². The van der Waals surface area contributed by atoms with E-state index >= 15 is 0 Å². The zero-order valence-corrected chi connectivity index (χ0v) is 22.3. The number of benzene rings is 5. The summed E-state index contributed by atoms with van der Waals surface area (Å²) < 4.78 is 2.14. The topological polar surface area (TPSA) is 30.2 Å². The van der Waals surface area contributed by atoms with Crippen molar-refractivity contribution in [3.63, 3.8) is 0 Å². The van der Waals surface area contributed by atoms with Crippen LogP contribution in [-0.4, -0.2) is 14.6 Å². The van der Waals surface area contributed by atoms with E-state index in [4.69, 9.17) is 5.10 Å². The molecule has 5 aromatic carbocycles. The maximum atomic E-state index is 5.33. The zero-order valence-electron chi connectivity index (χ0n) is 22.3. The van der Waals surface area contributed by atoms with Gasteiger partial charge in [0.15, 0.2) is 0 Å². The van der Waals surface area contributed by atoms with E-state index in [0.29, 0.717) is 0 Å². The van der Waals surface area contributed by atoms with Gasteiger partial charge in [0.2, 0.25) is 0 Å². The molecule has 8 aromatic rings. The van der Waals surface area contributed by atoms with Crippen molar-refractivity contribution < 1.29 is 0 Å². The minimum atomic E-state index is 0.966. The van der Waals surface area contributed by atoms with Crippen molar-refractivity contribution in [2.24, 2.45) is 0 Å². The molecule has 0 bridgehead atoms. The van der Waals surface area contributed by atoms with Crippen molar-refractivity contribution in [1.82, 2.24) is 14.6 Å². The minimum absolute atomic E-state index is 0.966. The maximum Gasteiger partial charge on any atom is 0.101 e. The Hall–Kier alpha value is -5.54. The fourth-order valence-corrected chi connectivity index (χ4v) is 5.83. The summed E-state index contributed by atoms with van der Waals surface area (Å²) >= 11 is 0. The summed E-state index contributed by atoms with van der Waals surface area (Å²) in [7, 11) is 0. The Balaban J connectivity index is 1.37. The quantitative estimate of drug-likeness (QED) is 0.230. The molecule has 0 N–H and O–H groups in total. The van der Waals surface area contributed by atoms with Crippen molar-refractivity contribution in [2.75, 3.05) is 0 Å². The molecule has 0 atom stereocenters. The summed E-state index contributed by atoms with van der Waals surface area (Å²) in [6, 6.07) is 51.2. The van der Waals surface area contributed by atoms with Crippen LogP contribution in [0.5, 0.6) is 0 Å². The SMILES string of the molecule is c1ccc(-c2c(-c3ccc(-c4cnc5ccccc5c4)cc3)nn3c(-c4ccccc4)cc4ccccc4c23)cc1. The van der Waals surface area contributed by atoms with Gasteiger partial charge >= 0.3 is 0 Å². The lowest BCUT2D eigenvalue weighted by Gasteiger charge is -2.10. The molecule has 0 aliphatic heterocycles. The molecule has 3 nitrogen and oxygen atoms in total. The van der Waals surface area contributed by atoms with Crippen LogP contribution < -0.4 is 0 Å². The van der Waals surface area contributed by atoms with E-state index in [0.717, 1.165) is 61.2 Å². The van der Waals surface area contributed by atoms with E-state index in [1.54, 1.807) is 0 Å². The van der Waals surface area contributed by atoms with E-state index in [9.17, 15) is 0 Å². The van der Waals surface area contributed by atoms with Crippen molar-refractivity contribution in [2.45, 2.75) is 0 Å². The highest BCUT2D eigenvalue weighted by atomic mass is 15.2. The summed E-state index contributed by atoms with van der Waals surface area (Å²) in [5.41, 5.74) is 10.9. The highest BCUT2D eigenvalue weighted by molar-refractivity contribution is 6.08. The minimum Gasteiger partial charge on any atom is -0.256 e. The molecule has 0 saturated carbocycles. The lowest BCUT2D eigenvalue weighted by atomic mass is 9.96.